The van der Waals surface area contributed by atoms with Crippen molar-refractivity contribution in [2.45, 2.75) is 32.1 Å². The SMILES string of the molecule is Cc1cc(C2CCN(C(=O)Cc3ccsc3)CC2)nc2ccnn12. The lowest BCUT2D eigenvalue weighted by atomic mass is 9.92. The molecule has 3 aromatic rings. The summed E-state index contributed by atoms with van der Waals surface area (Å²) in [5.74, 6) is 0.663. The molecule has 0 spiro atoms. The van der Waals surface area contributed by atoms with Crippen molar-refractivity contribution in [2.75, 3.05) is 13.1 Å². The molecule has 6 heteroatoms. The molecule has 0 aliphatic carbocycles. The number of piperidine rings is 1. The highest BCUT2D eigenvalue weighted by Gasteiger charge is 2.25. The third-order valence-corrected chi connectivity index (χ3v) is 5.49. The van der Waals surface area contributed by atoms with Crippen LogP contribution in [0, 0.1) is 6.92 Å². The van der Waals surface area contributed by atoms with Crippen molar-refractivity contribution in [1.82, 2.24) is 19.5 Å². The first kappa shape index (κ1) is 15.3. The molecule has 1 aliphatic rings. The fourth-order valence-electron chi connectivity index (χ4n) is 3.41. The lowest BCUT2D eigenvalue weighted by Crippen LogP contribution is -2.38. The predicted molar refractivity (Wildman–Crippen MR) is 94.3 cm³/mol. The number of rotatable bonds is 3. The number of carbonyl (C=O) groups excluding carboxylic acids is 1. The monoisotopic (exact) mass is 340 g/mol. The van der Waals surface area contributed by atoms with Crippen LogP contribution in [0.2, 0.25) is 0 Å². The first-order valence-electron chi connectivity index (χ1n) is 8.31. The van der Waals surface area contributed by atoms with Gasteiger partial charge in [-0.15, -0.1) is 0 Å². The van der Waals surface area contributed by atoms with Crippen molar-refractivity contribution < 1.29 is 4.79 Å². The molecule has 0 radical (unpaired) electrons. The molecule has 4 rings (SSSR count). The van der Waals surface area contributed by atoms with Crippen molar-refractivity contribution in [3.05, 3.63) is 52.1 Å². The number of thiophene rings is 1. The summed E-state index contributed by atoms with van der Waals surface area (Å²) in [5.41, 5.74) is 4.26. The smallest absolute Gasteiger partial charge is 0.227 e. The van der Waals surface area contributed by atoms with Crippen LogP contribution >= 0.6 is 11.3 Å². The Morgan fingerprint density at radius 3 is 2.92 bits per heavy atom. The van der Waals surface area contributed by atoms with Gasteiger partial charge in [-0.05, 0) is 48.2 Å². The van der Waals surface area contributed by atoms with E-state index in [1.807, 2.05) is 26.9 Å². The minimum Gasteiger partial charge on any atom is -0.342 e. The summed E-state index contributed by atoms with van der Waals surface area (Å²) in [6, 6.07) is 6.10. The molecule has 0 saturated carbocycles. The van der Waals surface area contributed by atoms with Crippen LogP contribution < -0.4 is 0 Å². The van der Waals surface area contributed by atoms with Gasteiger partial charge in [0.15, 0.2) is 5.65 Å². The van der Waals surface area contributed by atoms with E-state index < -0.39 is 0 Å². The zero-order valence-electron chi connectivity index (χ0n) is 13.7. The Kier molecular flexibility index (Phi) is 4.06. The van der Waals surface area contributed by atoms with Crippen LogP contribution in [0.5, 0.6) is 0 Å². The molecule has 0 atom stereocenters. The van der Waals surface area contributed by atoms with Crippen LogP contribution in [0.3, 0.4) is 0 Å². The molecule has 0 aromatic carbocycles. The minimum atomic E-state index is 0.238. The first-order chi connectivity index (χ1) is 11.7. The Labute approximate surface area is 144 Å². The Morgan fingerprint density at radius 2 is 2.17 bits per heavy atom. The van der Waals surface area contributed by atoms with Crippen molar-refractivity contribution in [3.8, 4) is 0 Å². The zero-order chi connectivity index (χ0) is 16.5. The topological polar surface area (TPSA) is 50.5 Å². The molecule has 1 fully saturated rings. The van der Waals surface area contributed by atoms with Gasteiger partial charge < -0.3 is 4.90 Å². The van der Waals surface area contributed by atoms with E-state index in [1.54, 1.807) is 17.5 Å². The number of fused-ring (bicyclic) bond motifs is 1. The first-order valence-corrected chi connectivity index (χ1v) is 9.25. The Balaban J connectivity index is 1.42. The minimum absolute atomic E-state index is 0.238. The van der Waals surface area contributed by atoms with Gasteiger partial charge in [0.05, 0.1) is 12.6 Å². The standard InChI is InChI=1S/C18H20N4OS/c1-13-10-16(20-17-2-6-19-22(13)17)15-3-7-21(8-4-15)18(23)11-14-5-9-24-12-14/h2,5-6,9-10,12,15H,3-4,7-8,11H2,1H3. The molecule has 24 heavy (non-hydrogen) atoms. The van der Waals surface area contributed by atoms with Gasteiger partial charge in [0, 0.05) is 36.5 Å². The molecular formula is C18H20N4OS. The summed E-state index contributed by atoms with van der Waals surface area (Å²) in [6.07, 6.45) is 4.26. The second kappa shape index (κ2) is 6.36. The molecule has 1 aliphatic heterocycles. The summed E-state index contributed by atoms with van der Waals surface area (Å²) in [5, 5.41) is 8.35. The van der Waals surface area contributed by atoms with Gasteiger partial charge in [0.2, 0.25) is 5.91 Å². The second-order valence-electron chi connectivity index (χ2n) is 6.39. The lowest BCUT2D eigenvalue weighted by molar-refractivity contribution is -0.131. The molecule has 0 bridgehead atoms. The average molecular weight is 340 g/mol. The highest BCUT2D eigenvalue weighted by atomic mass is 32.1. The third-order valence-electron chi connectivity index (χ3n) is 4.76. The number of nitrogens with zero attached hydrogens (tertiary/aromatic N) is 4. The summed E-state index contributed by atoms with van der Waals surface area (Å²) < 4.78 is 1.86. The number of amides is 1. The van der Waals surface area contributed by atoms with Crippen LogP contribution in [0.25, 0.3) is 5.65 Å². The van der Waals surface area contributed by atoms with Crippen molar-refractivity contribution in [3.63, 3.8) is 0 Å². The number of likely N-dealkylation sites (tertiary alicyclic amines) is 1. The highest BCUT2D eigenvalue weighted by molar-refractivity contribution is 7.08. The Morgan fingerprint density at radius 1 is 1.33 bits per heavy atom. The van der Waals surface area contributed by atoms with E-state index in [2.05, 4.69) is 23.5 Å². The van der Waals surface area contributed by atoms with E-state index in [9.17, 15) is 4.79 Å². The van der Waals surface area contributed by atoms with Crippen molar-refractivity contribution in [1.29, 1.82) is 0 Å². The average Bonchev–Trinajstić information content (AvgIpc) is 3.26. The number of aryl methyl sites for hydroxylation is 1. The summed E-state index contributed by atoms with van der Waals surface area (Å²) in [4.78, 5) is 19.2. The molecular weight excluding hydrogens is 320 g/mol. The number of hydrogen-bond donors (Lipinski definition) is 0. The Hall–Kier alpha value is -2.21. The van der Waals surface area contributed by atoms with Crippen LogP contribution in [0.4, 0.5) is 0 Å². The molecule has 3 aromatic heterocycles. The maximum absolute atomic E-state index is 12.4. The summed E-state index contributed by atoms with van der Waals surface area (Å²) in [6.45, 7) is 3.70. The molecule has 5 nitrogen and oxygen atoms in total. The lowest BCUT2D eigenvalue weighted by Gasteiger charge is -2.32. The van der Waals surface area contributed by atoms with Gasteiger partial charge in [-0.25, -0.2) is 9.50 Å². The predicted octanol–water partition coefficient (Wildman–Crippen LogP) is 3.05. The van der Waals surface area contributed by atoms with E-state index in [0.717, 1.165) is 48.5 Å². The van der Waals surface area contributed by atoms with E-state index >= 15 is 0 Å². The van der Waals surface area contributed by atoms with Crippen LogP contribution in [0.1, 0.15) is 35.7 Å². The van der Waals surface area contributed by atoms with Gasteiger partial charge in [0.25, 0.3) is 0 Å². The van der Waals surface area contributed by atoms with Gasteiger partial charge in [0.1, 0.15) is 0 Å². The van der Waals surface area contributed by atoms with E-state index in [-0.39, 0.29) is 5.91 Å². The third kappa shape index (κ3) is 2.94. The number of carbonyl (C=O) groups is 1. The molecule has 1 amide bonds. The molecule has 0 N–H and O–H groups in total. The van der Waals surface area contributed by atoms with Gasteiger partial charge in [-0.1, -0.05) is 0 Å². The van der Waals surface area contributed by atoms with Gasteiger partial charge in [-0.3, -0.25) is 4.79 Å². The Bertz CT molecular complexity index is 847. The van der Waals surface area contributed by atoms with Crippen molar-refractivity contribution in [2.24, 2.45) is 0 Å². The quantitative estimate of drug-likeness (QED) is 0.736. The van der Waals surface area contributed by atoms with E-state index in [4.69, 9.17) is 4.98 Å². The highest BCUT2D eigenvalue weighted by Crippen LogP contribution is 2.28. The fourth-order valence-corrected chi connectivity index (χ4v) is 4.07. The molecule has 124 valence electrons. The maximum atomic E-state index is 12.4. The van der Waals surface area contributed by atoms with E-state index in [1.165, 1.54) is 0 Å². The number of aromatic nitrogens is 3. The maximum Gasteiger partial charge on any atom is 0.227 e. The van der Waals surface area contributed by atoms with Gasteiger partial charge in [-0.2, -0.15) is 16.4 Å². The molecule has 4 heterocycles. The normalized spacial score (nSPS) is 16.0. The summed E-state index contributed by atoms with van der Waals surface area (Å²) >= 11 is 1.64. The zero-order valence-corrected chi connectivity index (χ0v) is 14.5. The van der Waals surface area contributed by atoms with Crippen molar-refractivity contribution >= 4 is 22.9 Å². The second-order valence-corrected chi connectivity index (χ2v) is 7.17. The fraction of sp³-hybridized carbons (Fsp3) is 0.389. The number of hydrogen-bond acceptors (Lipinski definition) is 4. The summed E-state index contributed by atoms with van der Waals surface area (Å²) in [7, 11) is 0. The van der Waals surface area contributed by atoms with Gasteiger partial charge >= 0.3 is 0 Å². The largest absolute Gasteiger partial charge is 0.342 e. The van der Waals surface area contributed by atoms with Crippen LogP contribution in [-0.2, 0) is 11.2 Å². The van der Waals surface area contributed by atoms with Crippen LogP contribution in [-0.4, -0.2) is 38.5 Å². The molecule has 0 unspecified atom stereocenters. The van der Waals surface area contributed by atoms with E-state index in [0.29, 0.717) is 12.3 Å². The molecule has 1 saturated heterocycles. The van der Waals surface area contributed by atoms with Crippen LogP contribution in [0.15, 0.2) is 35.2 Å².